The Kier molecular flexibility index (Phi) is 3.28. The van der Waals surface area contributed by atoms with Crippen molar-refractivity contribution in [2.24, 2.45) is 0 Å². The summed E-state index contributed by atoms with van der Waals surface area (Å²) >= 11 is 11.9. The summed E-state index contributed by atoms with van der Waals surface area (Å²) in [5.74, 6) is 0. The maximum atomic E-state index is 11.1. The van der Waals surface area contributed by atoms with E-state index < -0.39 is 4.92 Å². The van der Waals surface area contributed by atoms with Crippen LogP contribution in [-0.2, 0) is 0 Å². The molecule has 0 N–H and O–H groups in total. The number of hydrogen-bond acceptors (Lipinski definition) is 3. The van der Waals surface area contributed by atoms with Gasteiger partial charge in [-0.1, -0.05) is 29.3 Å². The summed E-state index contributed by atoms with van der Waals surface area (Å²) < 4.78 is 1.43. The van der Waals surface area contributed by atoms with Gasteiger partial charge in [0, 0.05) is 0 Å². The first-order valence-electron chi connectivity index (χ1n) is 5.08. The summed E-state index contributed by atoms with van der Waals surface area (Å²) in [7, 11) is 0. The molecule has 0 saturated heterocycles. The van der Waals surface area contributed by atoms with E-state index in [1.807, 2.05) is 0 Å². The topological polar surface area (TPSA) is 61.0 Å². The number of nitro benzene ring substituents is 1. The third-order valence-electron chi connectivity index (χ3n) is 2.58. The van der Waals surface area contributed by atoms with Crippen molar-refractivity contribution in [3.63, 3.8) is 0 Å². The second kappa shape index (κ2) is 4.59. The summed E-state index contributed by atoms with van der Waals surface area (Å²) in [5.41, 5.74) is 1.38. The molecule has 18 heavy (non-hydrogen) atoms. The molecule has 0 radical (unpaired) electrons. The highest BCUT2D eigenvalue weighted by Gasteiger charge is 2.22. The zero-order chi connectivity index (χ0) is 13.4. The third kappa shape index (κ3) is 1.95. The highest BCUT2D eigenvalue weighted by Crippen LogP contribution is 2.33. The first kappa shape index (κ1) is 12.9. The van der Waals surface area contributed by atoms with E-state index in [4.69, 9.17) is 23.2 Å². The van der Waals surface area contributed by atoms with Crippen LogP contribution in [0.15, 0.2) is 18.2 Å². The van der Waals surface area contributed by atoms with Gasteiger partial charge in [0.05, 0.1) is 21.3 Å². The van der Waals surface area contributed by atoms with Crippen LogP contribution >= 0.6 is 23.2 Å². The molecule has 0 amide bonds. The molecule has 2 aromatic rings. The molecule has 0 spiro atoms. The van der Waals surface area contributed by atoms with Crippen LogP contribution in [0.1, 0.15) is 11.4 Å². The lowest BCUT2D eigenvalue weighted by Gasteiger charge is -2.06. The number of para-hydroxylation sites is 1. The number of aromatic nitrogens is 2. The van der Waals surface area contributed by atoms with Crippen LogP contribution in [-0.4, -0.2) is 14.7 Å². The molecule has 1 aromatic heterocycles. The smallest absolute Gasteiger partial charge is 0.258 e. The van der Waals surface area contributed by atoms with Crippen molar-refractivity contribution < 1.29 is 4.92 Å². The molecule has 0 aliphatic rings. The SMILES string of the molecule is Cc1nn(-c2cccc(Cl)c2[N+](=O)[O-])c(C)c1Cl. The minimum Gasteiger partial charge on any atom is -0.258 e. The number of nitrogens with zero attached hydrogens (tertiary/aromatic N) is 3. The van der Waals surface area contributed by atoms with Crippen molar-refractivity contribution in [2.75, 3.05) is 0 Å². The van der Waals surface area contributed by atoms with Crippen LogP contribution < -0.4 is 0 Å². The van der Waals surface area contributed by atoms with E-state index in [0.29, 0.717) is 22.1 Å². The average molecular weight is 286 g/mol. The maximum absolute atomic E-state index is 11.1. The van der Waals surface area contributed by atoms with Gasteiger partial charge >= 0.3 is 5.69 Å². The second-order valence-electron chi connectivity index (χ2n) is 3.76. The Bertz CT molecular complexity index is 637. The molecular weight excluding hydrogens is 277 g/mol. The van der Waals surface area contributed by atoms with E-state index in [-0.39, 0.29) is 10.7 Å². The molecule has 0 saturated carbocycles. The molecule has 2 rings (SSSR count). The van der Waals surface area contributed by atoms with E-state index in [1.54, 1.807) is 26.0 Å². The molecule has 0 atom stereocenters. The number of benzene rings is 1. The fourth-order valence-corrected chi connectivity index (χ4v) is 2.07. The van der Waals surface area contributed by atoms with Crippen molar-refractivity contribution >= 4 is 28.9 Å². The first-order valence-corrected chi connectivity index (χ1v) is 5.84. The van der Waals surface area contributed by atoms with Gasteiger partial charge in [-0.15, -0.1) is 0 Å². The van der Waals surface area contributed by atoms with Gasteiger partial charge < -0.3 is 0 Å². The molecule has 0 bridgehead atoms. The highest BCUT2D eigenvalue weighted by atomic mass is 35.5. The lowest BCUT2D eigenvalue weighted by Crippen LogP contribution is -2.04. The fourth-order valence-electron chi connectivity index (χ4n) is 1.71. The Morgan fingerprint density at radius 3 is 2.50 bits per heavy atom. The van der Waals surface area contributed by atoms with Crippen molar-refractivity contribution in [1.29, 1.82) is 0 Å². The number of rotatable bonds is 2. The Morgan fingerprint density at radius 2 is 2.00 bits per heavy atom. The molecule has 0 aliphatic heterocycles. The lowest BCUT2D eigenvalue weighted by atomic mass is 10.2. The van der Waals surface area contributed by atoms with Crippen LogP contribution in [0.25, 0.3) is 5.69 Å². The van der Waals surface area contributed by atoms with Crippen LogP contribution in [0.5, 0.6) is 0 Å². The lowest BCUT2D eigenvalue weighted by molar-refractivity contribution is -0.384. The molecule has 0 aliphatic carbocycles. The van der Waals surface area contributed by atoms with Gasteiger partial charge in [-0.2, -0.15) is 5.10 Å². The van der Waals surface area contributed by atoms with Gasteiger partial charge in [0.1, 0.15) is 10.7 Å². The normalized spacial score (nSPS) is 10.7. The Morgan fingerprint density at radius 1 is 1.33 bits per heavy atom. The predicted octanol–water partition coefficient (Wildman–Crippen LogP) is 3.70. The summed E-state index contributed by atoms with van der Waals surface area (Å²) in [6, 6.07) is 4.69. The van der Waals surface area contributed by atoms with E-state index in [2.05, 4.69) is 5.10 Å². The maximum Gasteiger partial charge on any atom is 0.313 e. The van der Waals surface area contributed by atoms with E-state index >= 15 is 0 Å². The number of hydrogen-bond donors (Lipinski definition) is 0. The quantitative estimate of drug-likeness (QED) is 0.624. The van der Waals surface area contributed by atoms with Crippen molar-refractivity contribution in [3.05, 3.63) is 49.7 Å². The minimum absolute atomic E-state index is 0.0705. The standard InChI is InChI=1S/C11H9Cl2N3O2/c1-6-10(13)7(2)15(14-6)9-5-3-4-8(12)11(9)16(17)18/h3-5H,1-2H3. The van der Waals surface area contributed by atoms with Gasteiger partial charge in [-0.25, -0.2) is 4.68 Å². The molecule has 0 unspecified atom stereocenters. The van der Waals surface area contributed by atoms with Crippen molar-refractivity contribution in [2.45, 2.75) is 13.8 Å². The molecule has 0 fully saturated rings. The van der Waals surface area contributed by atoms with E-state index in [9.17, 15) is 10.1 Å². The molecule has 1 aromatic carbocycles. The zero-order valence-electron chi connectivity index (χ0n) is 9.65. The molecule has 7 heteroatoms. The summed E-state index contributed by atoms with van der Waals surface area (Å²) in [6.45, 7) is 3.48. The number of nitro groups is 1. The van der Waals surface area contributed by atoms with Gasteiger partial charge in [-0.3, -0.25) is 10.1 Å². The zero-order valence-corrected chi connectivity index (χ0v) is 11.2. The third-order valence-corrected chi connectivity index (χ3v) is 3.43. The first-order chi connectivity index (χ1) is 8.43. The van der Waals surface area contributed by atoms with Gasteiger partial charge in [0.2, 0.25) is 0 Å². The monoisotopic (exact) mass is 285 g/mol. The Labute approximate surface area is 113 Å². The highest BCUT2D eigenvalue weighted by molar-refractivity contribution is 6.33. The second-order valence-corrected chi connectivity index (χ2v) is 4.55. The molecule has 5 nitrogen and oxygen atoms in total. The Hall–Kier alpha value is -1.59. The fraction of sp³-hybridized carbons (Fsp3) is 0.182. The van der Waals surface area contributed by atoms with Gasteiger partial charge in [-0.05, 0) is 26.0 Å². The van der Waals surface area contributed by atoms with Gasteiger partial charge in [0.15, 0.2) is 0 Å². The summed E-state index contributed by atoms with van der Waals surface area (Å²) in [5, 5.41) is 15.8. The molecule has 94 valence electrons. The van der Waals surface area contributed by atoms with E-state index in [1.165, 1.54) is 10.7 Å². The van der Waals surface area contributed by atoms with Crippen LogP contribution in [0.4, 0.5) is 5.69 Å². The number of aryl methyl sites for hydroxylation is 1. The Balaban J connectivity index is 2.75. The summed E-state index contributed by atoms with van der Waals surface area (Å²) in [4.78, 5) is 10.5. The van der Waals surface area contributed by atoms with Crippen molar-refractivity contribution in [3.8, 4) is 5.69 Å². The van der Waals surface area contributed by atoms with E-state index in [0.717, 1.165) is 0 Å². The summed E-state index contributed by atoms with van der Waals surface area (Å²) in [6.07, 6.45) is 0. The molecular formula is C11H9Cl2N3O2. The van der Waals surface area contributed by atoms with Gasteiger partial charge in [0.25, 0.3) is 0 Å². The van der Waals surface area contributed by atoms with Crippen molar-refractivity contribution in [1.82, 2.24) is 9.78 Å². The van der Waals surface area contributed by atoms with Crippen LogP contribution in [0.2, 0.25) is 10.0 Å². The largest absolute Gasteiger partial charge is 0.313 e. The minimum atomic E-state index is -0.526. The van der Waals surface area contributed by atoms with Crippen LogP contribution in [0.3, 0.4) is 0 Å². The van der Waals surface area contributed by atoms with Crippen LogP contribution in [0, 0.1) is 24.0 Å². The predicted molar refractivity (Wildman–Crippen MR) is 69.7 cm³/mol. The average Bonchev–Trinajstić information content (AvgIpc) is 2.56. The number of halogens is 2. The molecule has 1 heterocycles.